The van der Waals surface area contributed by atoms with Gasteiger partial charge in [-0.3, -0.25) is 10.1 Å². The molecule has 0 unspecified atom stereocenters. The van der Waals surface area contributed by atoms with E-state index in [1.807, 2.05) is 32.9 Å². The third-order valence-electron chi connectivity index (χ3n) is 7.44. The van der Waals surface area contributed by atoms with E-state index in [-0.39, 0.29) is 18.3 Å². The number of para-hydroxylation sites is 2. The monoisotopic (exact) mass is 599 g/mol. The molecule has 0 atom stereocenters. The molecule has 228 valence electrons. The van der Waals surface area contributed by atoms with Crippen LogP contribution >= 0.6 is 0 Å². The van der Waals surface area contributed by atoms with E-state index < -0.39 is 17.4 Å². The summed E-state index contributed by atoms with van der Waals surface area (Å²) in [7, 11) is 4.75. The van der Waals surface area contributed by atoms with Crippen molar-refractivity contribution in [1.82, 2.24) is 0 Å². The zero-order valence-electron chi connectivity index (χ0n) is 25.4. The summed E-state index contributed by atoms with van der Waals surface area (Å²) in [5.41, 5.74) is 3.89. The summed E-state index contributed by atoms with van der Waals surface area (Å²) in [5.74, 6) is 1.03. The third-order valence-corrected chi connectivity index (χ3v) is 7.44. The third kappa shape index (κ3) is 5.96. The van der Waals surface area contributed by atoms with Gasteiger partial charge < -0.3 is 29.2 Å². The van der Waals surface area contributed by atoms with Crippen molar-refractivity contribution in [3.05, 3.63) is 89.7 Å². The van der Waals surface area contributed by atoms with E-state index in [9.17, 15) is 14.0 Å². The first kappa shape index (κ1) is 30.2. The first-order valence-corrected chi connectivity index (χ1v) is 13.9. The van der Waals surface area contributed by atoms with Gasteiger partial charge >= 0.3 is 6.09 Å². The van der Waals surface area contributed by atoms with Gasteiger partial charge in [-0.25, -0.2) is 9.18 Å². The van der Waals surface area contributed by atoms with Gasteiger partial charge in [0.05, 0.1) is 31.3 Å². The van der Waals surface area contributed by atoms with Crippen LogP contribution in [0.4, 0.5) is 26.2 Å². The van der Waals surface area contributed by atoms with Crippen molar-refractivity contribution >= 4 is 29.1 Å². The maximum Gasteiger partial charge on any atom is 0.417 e. The summed E-state index contributed by atoms with van der Waals surface area (Å²) in [5, 5.41) is 6.01. The molecule has 5 rings (SSSR count). The van der Waals surface area contributed by atoms with Crippen LogP contribution in [0.25, 0.3) is 11.1 Å². The molecule has 0 bridgehead atoms. The van der Waals surface area contributed by atoms with E-state index in [1.165, 1.54) is 26.4 Å². The Morgan fingerprint density at radius 1 is 0.932 bits per heavy atom. The lowest BCUT2D eigenvalue weighted by molar-refractivity contribution is -0.121. The fraction of sp³-hybridized carbons (Fsp3) is 0.235. The Bertz CT molecular complexity index is 1740. The predicted molar refractivity (Wildman–Crippen MR) is 168 cm³/mol. The Kier molecular flexibility index (Phi) is 8.35. The topological polar surface area (TPSA) is 98.4 Å². The second-order valence-electron chi connectivity index (χ2n) is 10.9. The number of nitrogens with zero attached hydrogens (tertiary/aromatic N) is 1. The highest BCUT2D eigenvalue weighted by Crippen LogP contribution is 2.45. The molecule has 0 saturated heterocycles. The lowest BCUT2D eigenvalue weighted by atomic mass is 9.91. The predicted octanol–water partition coefficient (Wildman–Crippen LogP) is 7.18. The van der Waals surface area contributed by atoms with Crippen molar-refractivity contribution in [2.75, 3.05) is 36.8 Å². The summed E-state index contributed by atoms with van der Waals surface area (Å²) in [4.78, 5) is 27.6. The maximum atomic E-state index is 14.1. The summed E-state index contributed by atoms with van der Waals surface area (Å²) in [6, 6.07) is 20.2. The lowest BCUT2D eigenvalue weighted by Gasteiger charge is -2.39. The molecule has 2 amide bonds. The molecule has 1 aliphatic rings. The molecular weight excluding hydrogens is 565 g/mol. The van der Waals surface area contributed by atoms with Crippen LogP contribution in [0.5, 0.6) is 23.0 Å². The molecule has 44 heavy (non-hydrogen) atoms. The number of hydrogen-bond donors (Lipinski definition) is 2. The van der Waals surface area contributed by atoms with Crippen LogP contribution in [0.1, 0.15) is 25.0 Å². The number of likely N-dealkylation sites (N-methyl/N-ethyl adjacent to an activating group) is 1. The van der Waals surface area contributed by atoms with E-state index in [4.69, 9.17) is 18.9 Å². The van der Waals surface area contributed by atoms with Crippen molar-refractivity contribution in [2.24, 2.45) is 0 Å². The molecule has 0 spiro atoms. The number of fused-ring (bicyclic) bond motifs is 1. The Hall–Kier alpha value is -5.25. The Morgan fingerprint density at radius 2 is 1.66 bits per heavy atom. The largest absolute Gasteiger partial charge is 0.496 e. The fourth-order valence-electron chi connectivity index (χ4n) is 5.26. The molecule has 0 saturated carbocycles. The zero-order valence-corrected chi connectivity index (χ0v) is 25.4. The molecule has 0 aliphatic carbocycles. The minimum atomic E-state index is -0.818. The van der Waals surface area contributed by atoms with Gasteiger partial charge in [0, 0.05) is 30.3 Å². The molecule has 0 aromatic heterocycles. The number of carbonyl (C=O) groups excluding carboxylic acids is 2. The number of methoxy groups -OCH3 is 2. The van der Waals surface area contributed by atoms with Crippen molar-refractivity contribution in [3.63, 3.8) is 0 Å². The van der Waals surface area contributed by atoms with Crippen LogP contribution in [-0.4, -0.2) is 38.8 Å². The van der Waals surface area contributed by atoms with Crippen molar-refractivity contribution < 1.29 is 32.9 Å². The number of benzene rings is 4. The minimum absolute atomic E-state index is 0.0330. The molecule has 4 aromatic rings. The van der Waals surface area contributed by atoms with Crippen LogP contribution in [0.2, 0.25) is 0 Å². The molecule has 4 aromatic carbocycles. The minimum Gasteiger partial charge on any atom is -0.496 e. The molecule has 2 N–H and O–H groups in total. The second kappa shape index (κ2) is 12.2. The number of hydrogen-bond acceptors (Lipinski definition) is 7. The van der Waals surface area contributed by atoms with Crippen LogP contribution < -0.4 is 34.5 Å². The maximum absolute atomic E-state index is 14.1. The van der Waals surface area contributed by atoms with Crippen molar-refractivity contribution in [1.29, 1.82) is 0 Å². The highest BCUT2D eigenvalue weighted by atomic mass is 19.1. The number of halogens is 1. The summed E-state index contributed by atoms with van der Waals surface area (Å²) in [6.07, 6.45) is -0.702. The van der Waals surface area contributed by atoms with E-state index in [0.717, 1.165) is 16.8 Å². The Morgan fingerprint density at radius 3 is 2.41 bits per heavy atom. The van der Waals surface area contributed by atoms with Gasteiger partial charge in [-0.15, -0.1) is 0 Å². The smallest absolute Gasteiger partial charge is 0.417 e. The standard InChI is InChI=1S/C34H34FN3O6/c1-20-11-12-21(35)17-29(20)43-19-25-23(15-16-27-31(25)38(4)32(39)34(2,3)37-27)24-14-13-22(18-30(24)42-6)44-33(40)36-26-9-7-8-10-28(26)41-5/h7-18,37H,19H2,1-6H3,(H,36,40). The summed E-state index contributed by atoms with van der Waals surface area (Å²) < 4.78 is 36.8. The van der Waals surface area contributed by atoms with E-state index in [1.54, 1.807) is 60.5 Å². The highest BCUT2D eigenvalue weighted by Gasteiger charge is 2.38. The van der Waals surface area contributed by atoms with Gasteiger partial charge in [-0.05, 0) is 68.3 Å². The number of ether oxygens (including phenoxy) is 4. The molecule has 10 heteroatoms. The van der Waals surface area contributed by atoms with E-state index >= 15 is 0 Å². The van der Waals surface area contributed by atoms with Crippen LogP contribution in [0.15, 0.2) is 72.8 Å². The van der Waals surface area contributed by atoms with Gasteiger partial charge in [-0.1, -0.05) is 24.3 Å². The number of nitrogens with one attached hydrogen (secondary N) is 2. The summed E-state index contributed by atoms with van der Waals surface area (Å²) >= 11 is 0. The van der Waals surface area contributed by atoms with E-state index in [0.29, 0.717) is 39.8 Å². The summed E-state index contributed by atoms with van der Waals surface area (Å²) in [6.45, 7) is 5.51. The number of amides is 2. The molecule has 1 aliphatic heterocycles. The van der Waals surface area contributed by atoms with Crippen LogP contribution in [-0.2, 0) is 11.4 Å². The van der Waals surface area contributed by atoms with Crippen molar-refractivity contribution in [2.45, 2.75) is 32.9 Å². The van der Waals surface area contributed by atoms with E-state index in [2.05, 4.69) is 10.6 Å². The average molecular weight is 600 g/mol. The van der Waals surface area contributed by atoms with Crippen LogP contribution in [0, 0.1) is 12.7 Å². The number of carbonyl (C=O) groups is 2. The van der Waals surface area contributed by atoms with Gasteiger partial charge in [0.1, 0.15) is 41.0 Å². The Labute approximate surface area is 255 Å². The van der Waals surface area contributed by atoms with Gasteiger partial charge in [0.25, 0.3) is 5.91 Å². The quantitative estimate of drug-likeness (QED) is 0.222. The van der Waals surface area contributed by atoms with Gasteiger partial charge in [-0.2, -0.15) is 0 Å². The normalized spacial score (nSPS) is 13.4. The molecule has 9 nitrogen and oxygen atoms in total. The molecule has 1 heterocycles. The lowest BCUT2D eigenvalue weighted by Crippen LogP contribution is -2.52. The molecule has 0 radical (unpaired) electrons. The molecular formula is C34H34FN3O6. The number of aryl methyl sites for hydroxylation is 1. The fourth-order valence-corrected chi connectivity index (χ4v) is 5.26. The zero-order chi connectivity index (χ0) is 31.6. The Balaban J connectivity index is 1.52. The van der Waals surface area contributed by atoms with Crippen LogP contribution in [0.3, 0.4) is 0 Å². The van der Waals surface area contributed by atoms with Gasteiger partial charge in [0.15, 0.2) is 0 Å². The SMILES string of the molecule is COc1ccccc1NC(=O)Oc1ccc(-c2ccc3c(c2COc2cc(F)ccc2C)N(C)C(=O)C(C)(C)N3)c(OC)c1. The molecule has 0 fully saturated rings. The second-order valence-corrected chi connectivity index (χ2v) is 10.9. The first-order chi connectivity index (χ1) is 21.0. The first-order valence-electron chi connectivity index (χ1n) is 13.9. The number of rotatable bonds is 8. The highest BCUT2D eigenvalue weighted by molar-refractivity contribution is 6.08. The number of anilines is 3. The average Bonchev–Trinajstić information content (AvgIpc) is 3.00. The van der Waals surface area contributed by atoms with Crippen molar-refractivity contribution in [3.8, 4) is 34.1 Å². The van der Waals surface area contributed by atoms with Gasteiger partial charge in [0.2, 0.25) is 0 Å².